The maximum Gasteiger partial charge on any atom is 0.308 e. The Kier molecular flexibility index (Phi) is 6.21. The zero-order chi connectivity index (χ0) is 20.0. The highest BCUT2D eigenvalue weighted by Gasteiger charge is 2.09. The van der Waals surface area contributed by atoms with E-state index < -0.39 is 16.9 Å². The maximum atomic E-state index is 11.2. The second kappa shape index (κ2) is 8.56. The molecule has 0 fully saturated rings. The fraction of sp³-hybridized carbons (Fsp3) is 0.167. The highest BCUT2D eigenvalue weighted by molar-refractivity contribution is 6.00. The molecule has 0 aliphatic carbocycles. The van der Waals surface area contributed by atoms with Gasteiger partial charge in [0.05, 0.1) is 16.3 Å². The van der Waals surface area contributed by atoms with Gasteiger partial charge in [-0.15, -0.1) is 0 Å². The van der Waals surface area contributed by atoms with Crippen LogP contribution in [-0.2, 0) is 9.59 Å². The number of carbonyl (C=O) groups excluding carboxylic acids is 2. The Hall–Kier alpha value is -3.75. The first kappa shape index (κ1) is 19.6. The molecule has 2 rings (SSSR count). The molecule has 0 bridgehead atoms. The van der Waals surface area contributed by atoms with Crippen LogP contribution < -0.4 is 14.9 Å². The van der Waals surface area contributed by atoms with Crippen LogP contribution in [0.25, 0.3) is 0 Å². The molecule has 0 saturated heterocycles. The minimum Gasteiger partial charge on any atom is -0.427 e. The first-order chi connectivity index (χ1) is 12.7. The molecule has 0 aliphatic rings. The van der Waals surface area contributed by atoms with Gasteiger partial charge in [0.2, 0.25) is 0 Å². The SMILES string of the molecule is CC(=O)Oc1cc(OC(C)=O)cc(C(C)=NNc2ccc([N+](=O)[O-])cc2)c1. The van der Waals surface area contributed by atoms with E-state index in [-0.39, 0.29) is 17.2 Å². The van der Waals surface area contributed by atoms with Crippen molar-refractivity contribution in [2.24, 2.45) is 5.10 Å². The largest absolute Gasteiger partial charge is 0.427 e. The molecule has 0 heterocycles. The van der Waals surface area contributed by atoms with Gasteiger partial charge < -0.3 is 9.47 Å². The zero-order valence-electron chi connectivity index (χ0n) is 14.9. The van der Waals surface area contributed by atoms with E-state index >= 15 is 0 Å². The lowest BCUT2D eigenvalue weighted by Gasteiger charge is -2.09. The summed E-state index contributed by atoms with van der Waals surface area (Å²) in [5, 5.41) is 14.9. The number of non-ortho nitro benzene ring substituents is 1. The lowest BCUT2D eigenvalue weighted by molar-refractivity contribution is -0.384. The normalized spacial score (nSPS) is 10.9. The van der Waals surface area contributed by atoms with E-state index in [9.17, 15) is 19.7 Å². The molecule has 0 aromatic heterocycles. The summed E-state index contributed by atoms with van der Waals surface area (Å²) in [6.07, 6.45) is 0. The van der Waals surface area contributed by atoms with Gasteiger partial charge in [0, 0.05) is 37.6 Å². The number of ether oxygens (including phenoxy) is 2. The van der Waals surface area contributed by atoms with E-state index in [4.69, 9.17) is 9.47 Å². The van der Waals surface area contributed by atoms with Crippen molar-refractivity contribution >= 4 is 29.0 Å². The molecule has 27 heavy (non-hydrogen) atoms. The lowest BCUT2D eigenvalue weighted by Crippen LogP contribution is -2.07. The summed E-state index contributed by atoms with van der Waals surface area (Å²) >= 11 is 0. The number of hydrazone groups is 1. The topological polar surface area (TPSA) is 120 Å². The van der Waals surface area contributed by atoms with Gasteiger partial charge in [0.1, 0.15) is 11.5 Å². The predicted octanol–water partition coefficient (Wildman–Crippen LogP) is 3.28. The van der Waals surface area contributed by atoms with E-state index in [0.29, 0.717) is 17.0 Å². The first-order valence-corrected chi connectivity index (χ1v) is 7.81. The van der Waals surface area contributed by atoms with Crippen LogP contribution in [0.1, 0.15) is 26.3 Å². The van der Waals surface area contributed by atoms with Crippen LogP contribution in [-0.4, -0.2) is 22.6 Å². The third-order valence-corrected chi connectivity index (χ3v) is 3.25. The maximum absolute atomic E-state index is 11.2. The molecular formula is C18H17N3O6. The van der Waals surface area contributed by atoms with Crippen molar-refractivity contribution in [2.45, 2.75) is 20.8 Å². The summed E-state index contributed by atoms with van der Waals surface area (Å²) in [6.45, 7) is 4.22. The van der Waals surface area contributed by atoms with Gasteiger partial charge in [0.15, 0.2) is 0 Å². The molecular weight excluding hydrogens is 354 g/mol. The Bertz CT molecular complexity index is 872. The van der Waals surface area contributed by atoms with Crippen molar-refractivity contribution in [3.63, 3.8) is 0 Å². The molecule has 2 aromatic rings. The second-order valence-electron chi connectivity index (χ2n) is 5.49. The monoisotopic (exact) mass is 371 g/mol. The number of benzene rings is 2. The van der Waals surface area contributed by atoms with E-state index in [1.165, 1.54) is 44.2 Å². The van der Waals surface area contributed by atoms with Crippen LogP contribution in [0.15, 0.2) is 47.6 Å². The van der Waals surface area contributed by atoms with Gasteiger partial charge in [-0.2, -0.15) is 5.10 Å². The molecule has 9 nitrogen and oxygen atoms in total. The summed E-state index contributed by atoms with van der Waals surface area (Å²) in [4.78, 5) is 32.6. The number of hydrogen-bond acceptors (Lipinski definition) is 8. The number of nitro groups is 1. The average molecular weight is 371 g/mol. The molecule has 2 aromatic carbocycles. The highest BCUT2D eigenvalue weighted by Crippen LogP contribution is 2.24. The molecule has 9 heteroatoms. The Morgan fingerprint density at radius 3 is 1.93 bits per heavy atom. The summed E-state index contributed by atoms with van der Waals surface area (Å²) in [6, 6.07) is 10.3. The quantitative estimate of drug-likeness (QED) is 0.272. The predicted molar refractivity (Wildman–Crippen MR) is 98.0 cm³/mol. The average Bonchev–Trinajstić information content (AvgIpc) is 2.58. The summed E-state index contributed by atoms with van der Waals surface area (Å²) < 4.78 is 10.1. The van der Waals surface area contributed by atoms with Gasteiger partial charge >= 0.3 is 11.9 Å². The van der Waals surface area contributed by atoms with Crippen molar-refractivity contribution < 1.29 is 24.0 Å². The number of nitrogens with zero attached hydrogens (tertiary/aromatic N) is 2. The Balaban J connectivity index is 2.25. The third kappa shape index (κ3) is 5.92. The van der Waals surface area contributed by atoms with Crippen LogP contribution in [0.4, 0.5) is 11.4 Å². The molecule has 0 saturated carbocycles. The third-order valence-electron chi connectivity index (χ3n) is 3.25. The van der Waals surface area contributed by atoms with Crippen molar-refractivity contribution in [3.8, 4) is 11.5 Å². The van der Waals surface area contributed by atoms with Gasteiger partial charge in [-0.05, 0) is 31.2 Å². The summed E-state index contributed by atoms with van der Waals surface area (Å²) in [5.41, 5.74) is 4.37. The second-order valence-corrected chi connectivity index (χ2v) is 5.49. The molecule has 0 aliphatic heterocycles. The summed E-state index contributed by atoms with van der Waals surface area (Å²) in [7, 11) is 0. The van der Waals surface area contributed by atoms with E-state index in [2.05, 4.69) is 10.5 Å². The molecule has 140 valence electrons. The van der Waals surface area contributed by atoms with Crippen molar-refractivity contribution in [1.82, 2.24) is 0 Å². The van der Waals surface area contributed by atoms with Crippen LogP contribution >= 0.6 is 0 Å². The van der Waals surface area contributed by atoms with Crippen LogP contribution in [0, 0.1) is 10.1 Å². The number of nitrogens with one attached hydrogen (secondary N) is 1. The molecule has 1 N–H and O–H groups in total. The van der Waals surface area contributed by atoms with Gasteiger partial charge in [0.25, 0.3) is 5.69 Å². The Morgan fingerprint density at radius 1 is 0.963 bits per heavy atom. The van der Waals surface area contributed by atoms with Crippen LogP contribution in [0.3, 0.4) is 0 Å². The molecule has 0 atom stereocenters. The van der Waals surface area contributed by atoms with Crippen molar-refractivity contribution in [2.75, 3.05) is 5.43 Å². The molecule has 0 amide bonds. The number of hydrogen-bond donors (Lipinski definition) is 1. The fourth-order valence-corrected chi connectivity index (χ4v) is 2.10. The van der Waals surface area contributed by atoms with Crippen molar-refractivity contribution in [1.29, 1.82) is 0 Å². The lowest BCUT2D eigenvalue weighted by atomic mass is 10.1. The van der Waals surface area contributed by atoms with E-state index in [1.54, 1.807) is 19.1 Å². The first-order valence-electron chi connectivity index (χ1n) is 7.81. The molecule has 0 spiro atoms. The number of esters is 2. The highest BCUT2D eigenvalue weighted by atomic mass is 16.6. The zero-order valence-corrected chi connectivity index (χ0v) is 14.9. The van der Waals surface area contributed by atoms with Crippen LogP contribution in [0.5, 0.6) is 11.5 Å². The smallest absolute Gasteiger partial charge is 0.308 e. The minimum atomic E-state index is -0.514. The van der Waals surface area contributed by atoms with Crippen molar-refractivity contribution in [3.05, 3.63) is 58.1 Å². The van der Waals surface area contributed by atoms with Gasteiger partial charge in [-0.1, -0.05) is 0 Å². The van der Waals surface area contributed by atoms with E-state index in [0.717, 1.165) is 0 Å². The number of anilines is 1. The fourth-order valence-electron chi connectivity index (χ4n) is 2.10. The Labute approximate surface area is 154 Å². The Morgan fingerprint density at radius 2 is 1.48 bits per heavy atom. The van der Waals surface area contributed by atoms with Crippen LogP contribution in [0.2, 0.25) is 0 Å². The standard InChI is InChI=1S/C18H17N3O6/c1-11(19-20-15-4-6-16(7-5-15)21(24)25)14-8-17(26-12(2)22)10-18(9-14)27-13(3)23/h4-10,20H,1-3H3. The summed E-state index contributed by atoms with van der Waals surface area (Å²) in [5.74, 6) is -0.610. The number of nitro benzene ring substituents is 1. The van der Waals surface area contributed by atoms with Gasteiger partial charge in [-0.3, -0.25) is 25.1 Å². The minimum absolute atomic E-state index is 0.0265. The number of rotatable bonds is 6. The molecule has 0 unspecified atom stereocenters. The van der Waals surface area contributed by atoms with E-state index in [1.807, 2.05) is 0 Å². The molecule has 0 radical (unpaired) electrons. The van der Waals surface area contributed by atoms with Gasteiger partial charge in [-0.25, -0.2) is 0 Å². The number of carbonyl (C=O) groups is 2.